The van der Waals surface area contributed by atoms with Gasteiger partial charge in [0.25, 0.3) is 0 Å². The van der Waals surface area contributed by atoms with E-state index in [1.54, 1.807) is 0 Å². The molecule has 0 fully saturated rings. The molecule has 32 valence electrons. The Hall–Kier alpha value is 1.28. The molecular weight excluding hydrogens is 158 g/mol. The van der Waals surface area contributed by atoms with Crippen molar-refractivity contribution in [1.29, 1.82) is 0 Å². The maximum Gasteiger partial charge on any atom is 1.00 e. The van der Waals surface area contributed by atoms with E-state index < -0.39 is 14.2 Å². The quantitative estimate of drug-likeness (QED) is 0.334. The largest absolute Gasteiger partial charge is 1.00 e. The topological polar surface area (TPSA) is 63.2 Å². The van der Waals surface area contributed by atoms with Crippen LogP contribution >= 0.6 is 0 Å². The smallest absolute Gasteiger partial charge is 1.00 e. The second kappa shape index (κ2) is 3.30. The molecule has 0 radical (unpaired) electrons. The molecule has 0 bridgehead atoms. The normalized spacial score (nSPS) is 9.83. The Bertz CT molecular complexity index is 61.1. The zero-order chi connectivity index (χ0) is 4.50. The third-order valence-corrected chi connectivity index (χ3v) is 0. The zero-order valence-corrected chi connectivity index (χ0v) is 7.55. The van der Waals surface area contributed by atoms with E-state index in [0.29, 0.717) is 5.71 Å². The van der Waals surface area contributed by atoms with Crippen molar-refractivity contribution >= 4 is 14.2 Å². The van der Waals surface area contributed by atoms with Gasteiger partial charge in [-0.1, -0.05) is 0 Å². The van der Waals surface area contributed by atoms with Crippen LogP contribution in [0.5, 0.6) is 0 Å². The molecule has 0 aliphatic rings. The van der Waals surface area contributed by atoms with E-state index in [9.17, 15) is 0 Å². The fourth-order valence-electron chi connectivity index (χ4n) is 0. The molecule has 0 aromatic rings. The summed E-state index contributed by atoms with van der Waals surface area (Å²) in [4.78, 5) is 0. The molecule has 0 aromatic heterocycles. The van der Waals surface area contributed by atoms with E-state index >= 15 is 0 Å². The summed E-state index contributed by atoms with van der Waals surface area (Å²) in [6.45, 7) is 0. The van der Waals surface area contributed by atoms with Crippen molar-refractivity contribution in [1.82, 2.24) is 0 Å². The molecule has 0 N–H and O–H groups in total. The van der Waals surface area contributed by atoms with Crippen LogP contribution in [0.4, 0.5) is 0 Å². The fraction of sp³-hybridized carbons (Fsp3) is 1.00. The molecule has 0 heterocycles. The van der Waals surface area contributed by atoms with Gasteiger partial charge in [-0.15, -0.1) is 0 Å². The maximum absolute atomic E-state index is 9.16. The standard InChI is InChI=1S/CH5AsO3.Na/c1-2(3,4)5;/h1H3,(H2,3,4,5);/q;+1/p-1. The molecule has 0 amide bonds. The van der Waals surface area contributed by atoms with Crippen LogP contribution in [-0.2, 0) is 3.74 Å². The SMILES string of the molecule is C[As](=O)([O-])[O-].[H+].[Na+]. The Balaban J connectivity index is -0.0000000800. The number of hydrogen-bond donors (Lipinski definition) is 0. The van der Waals surface area contributed by atoms with E-state index in [1.807, 2.05) is 0 Å². The molecule has 0 saturated heterocycles. The summed E-state index contributed by atoms with van der Waals surface area (Å²) in [5.74, 6) is 0. The first kappa shape index (κ1) is 10.3. The van der Waals surface area contributed by atoms with Gasteiger partial charge in [-0.25, -0.2) is 0 Å². The van der Waals surface area contributed by atoms with Crippen LogP contribution in [0.1, 0.15) is 1.43 Å². The van der Waals surface area contributed by atoms with Gasteiger partial charge in [-0.05, 0) is 0 Å². The molecule has 0 aromatic carbocycles. The summed E-state index contributed by atoms with van der Waals surface area (Å²) in [6, 6.07) is 0. The summed E-state index contributed by atoms with van der Waals surface area (Å²) >= 11 is -4.62. The fourth-order valence-corrected chi connectivity index (χ4v) is 0. The summed E-state index contributed by atoms with van der Waals surface area (Å²) in [7, 11) is 0. The molecule has 3 nitrogen and oxygen atoms in total. The second-order valence-corrected chi connectivity index (χ2v) is 4.01. The van der Waals surface area contributed by atoms with E-state index in [0.717, 1.165) is 0 Å². The van der Waals surface area contributed by atoms with E-state index in [2.05, 4.69) is 0 Å². The third-order valence-electron chi connectivity index (χ3n) is 0. The minimum Gasteiger partial charge on any atom is 1.00 e. The van der Waals surface area contributed by atoms with Gasteiger partial charge < -0.3 is 0 Å². The molecule has 0 rings (SSSR count). The van der Waals surface area contributed by atoms with Gasteiger partial charge >= 0.3 is 62.8 Å². The van der Waals surface area contributed by atoms with Crippen LogP contribution in [0.2, 0.25) is 5.71 Å². The first-order valence-corrected chi connectivity index (χ1v) is 5.17. The average Bonchev–Trinajstić information content (AvgIpc) is 0.722. The van der Waals surface area contributed by atoms with Crippen molar-refractivity contribution < 1.29 is 42.9 Å². The predicted molar refractivity (Wildman–Crippen MR) is 13.4 cm³/mol. The molecular formula is CH4AsNaO3. The van der Waals surface area contributed by atoms with Crippen LogP contribution < -0.4 is 37.7 Å². The van der Waals surface area contributed by atoms with Gasteiger partial charge in [0.2, 0.25) is 0 Å². The second-order valence-electron chi connectivity index (χ2n) is 0.771. The number of rotatable bonds is 0. The molecule has 5 heteroatoms. The van der Waals surface area contributed by atoms with Gasteiger partial charge in [0.15, 0.2) is 0 Å². The first-order chi connectivity index (χ1) is 2.00. The summed E-state index contributed by atoms with van der Waals surface area (Å²) in [5.41, 5.74) is 0.693. The molecule has 0 spiro atoms. The number of hydrogen-bond acceptors (Lipinski definition) is 3. The molecule has 0 saturated carbocycles. The Kier molecular flexibility index (Phi) is 5.67. The molecule has 0 atom stereocenters. The van der Waals surface area contributed by atoms with E-state index in [1.165, 1.54) is 0 Å². The van der Waals surface area contributed by atoms with Crippen molar-refractivity contribution in [3.8, 4) is 0 Å². The summed E-state index contributed by atoms with van der Waals surface area (Å²) < 4.78 is 27.5. The van der Waals surface area contributed by atoms with Crippen LogP contribution in [0, 0.1) is 0 Å². The van der Waals surface area contributed by atoms with Crippen molar-refractivity contribution in [3.63, 3.8) is 0 Å². The Morgan fingerprint density at radius 2 is 1.67 bits per heavy atom. The average molecular weight is 162 g/mol. The van der Waals surface area contributed by atoms with Gasteiger partial charge in [0, 0.05) is 0 Å². The minimum absolute atomic E-state index is 0. The van der Waals surface area contributed by atoms with E-state index in [4.69, 9.17) is 11.9 Å². The van der Waals surface area contributed by atoms with Crippen LogP contribution in [-0.4, -0.2) is 14.2 Å². The summed E-state index contributed by atoms with van der Waals surface area (Å²) in [5, 5.41) is 0. The Labute approximate surface area is 62.5 Å². The molecule has 0 aliphatic carbocycles. The van der Waals surface area contributed by atoms with Crippen molar-refractivity contribution in [2.75, 3.05) is 0 Å². The monoisotopic (exact) mass is 162 g/mol. The van der Waals surface area contributed by atoms with Crippen molar-refractivity contribution in [2.45, 2.75) is 5.71 Å². The van der Waals surface area contributed by atoms with Gasteiger partial charge in [0.1, 0.15) is 0 Å². The Morgan fingerprint density at radius 3 is 1.67 bits per heavy atom. The van der Waals surface area contributed by atoms with Gasteiger partial charge in [-0.3, -0.25) is 0 Å². The van der Waals surface area contributed by atoms with Crippen molar-refractivity contribution in [3.05, 3.63) is 0 Å². The molecule has 0 unspecified atom stereocenters. The first-order valence-electron chi connectivity index (χ1n) is 0.995. The predicted octanol–water partition coefficient (Wildman–Crippen LogP) is -5.18. The van der Waals surface area contributed by atoms with Crippen molar-refractivity contribution in [2.24, 2.45) is 0 Å². The van der Waals surface area contributed by atoms with Gasteiger partial charge in [0.05, 0.1) is 0 Å². The van der Waals surface area contributed by atoms with E-state index in [-0.39, 0.29) is 31.0 Å². The molecule has 6 heavy (non-hydrogen) atoms. The van der Waals surface area contributed by atoms with Gasteiger partial charge in [-0.2, -0.15) is 0 Å². The maximum atomic E-state index is 9.16. The summed E-state index contributed by atoms with van der Waals surface area (Å²) in [6.07, 6.45) is 0. The van der Waals surface area contributed by atoms with Crippen LogP contribution in [0.15, 0.2) is 0 Å². The molecule has 0 aliphatic heterocycles. The van der Waals surface area contributed by atoms with Crippen LogP contribution in [0.25, 0.3) is 0 Å². The zero-order valence-electron chi connectivity index (χ0n) is 4.67. The third kappa shape index (κ3) is 59.1. The minimum atomic E-state index is -4.62. The van der Waals surface area contributed by atoms with Crippen LogP contribution in [0.3, 0.4) is 0 Å². The Morgan fingerprint density at radius 1 is 1.67 bits per heavy atom.